The number of hydrogen-bond acceptors (Lipinski definition) is 2. The Balaban J connectivity index is 0.000000126. The van der Waals surface area contributed by atoms with Gasteiger partial charge in [0.2, 0.25) is 0 Å². The first-order valence-corrected chi connectivity index (χ1v) is 22.1. The van der Waals surface area contributed by atoms with Crippen LogP contribution in [-0.4, -0.2) is 17.2 Å². The summed E-state index contributed by atoms with van der Waals surface area (Å²) in [5.41, 5.74) is 20.6. The summed E-state index contributed by atoms with van der Waals surface area (Å²) in [6.07, 6.45) is 0. The van der Waals surface area contributed by atoms with Crippen LogP contribution in [0.1, 0.15) is 44.5 Å². The van der Waals surface area contributed by atoms with E-state index >= 15 is 0 Å². The minimum atomic E-state index is -1.52. The van der Waals surface area contributed by atoms with Gasteiger partial charge in [-0.3, -0.25) is 0 Å². The second kappa shape index (κ2) is 13.1. The molecule has 0 fully saturated rings. The highest BCUT2D eigenvalue weighted by Gasteiger charge is 2.51. The minimum Gasteiger partial charge on any atom is -0.423 e. The van der Waals surface area contributed by atoms with Crippen LogP contribution in [0.15, 0.2) is 211 Å². The summed E-state index contributed by atoms with van der Waals surface area (Å²) in [7, 11) is -1.52. The maximum absolute atomic E-state index is 10.1. The van der Waals surface area contributed by atoms with Gasteiger partial charge in [-0.05, 0) is 122 Å². The van der Waals surface area contributed by atoms with Gasteiger partial charge in [-0.25, -0.2) is 0 Å². The summed E-state index contributed by atoms with van der Waals surface area (Å²) in [6, 6.07) is 74.4. The van der Waals surface area contributed by atoms with Crippen LogP contribution in [0.2, 0.25) is 0 Å². The lowest BCUT2D eigenvalue weighted by Crippen LogP contribution is -2.34. The molecule has 2 nitrogen and oxygen atoms in total. The summed E-state index contributed by atoms with van der Waals surface area (Å²) >= 11 is 3.82. The number of benzene rings is 10. The quantitative estimate of drug-likeness (QED) is 0.162. The zero-order chi connectivity index (χ0) is 41.3. The highest BCUT2D eigenvalue weighted by atomic mass is 79.9. The van der Waals surface area contributed by atoms with Gasteiger partial charge in [-0.15, -0.1) is 0 Å². The van der Waals surface area contributed by atoms with Gasteiger partial charge in [0.15, 0.2) is 0 Å². The predicted octanol–water partition coefficient (Wildman–Crippen LogP) is 12.8. The van der Waals surface area contributed by atoms with Crippen molar-refractivity contribution in [2.45, 2.75) is 10.8 Å². The fourth-order valence-corrected chi connectivity index (χ4v) is 12.6. The highest BCUT2D eigenvalue weighted by Crippen LogP contribution is 2.63. The van der Waals surface area contributed by atoms with Gasteiger partial charge < -0.3 is 10.0 Å². The van der Waals surface area contributed by atoms with Gasteiger partial charge in [-0.1, -0.05) is 216 Å². The Kier molecular flexibility index (Phi) is 7.58. The number of rotatable bonds is 1. The Morgan fingerprint density at radius 1 is 0.290 bits per heavy atom. The van der Waals surface area contributed by atoms with Crippen molar-refractivity contribution in [2.75, 3.05) is 0 Å². The minimum absolute atomic E-state index is 0.295. The third kappa shape index (κ3) is 4.41. The van der Waals surface area contributed by atoms with E-state index in [2.05, 4.69) is 198 Å². The molecule has 0 atom stereocenters. The molecule has 0 radical (unpaired) electrons. The molecule has 14 rings (SSSR count). The summed E-state index contributed by atoms with van der Waals surface area (Å²) in [5.74, 6) is 0. The molecule has 0 aliphatic heterocycles. The lowest BCUT2D eigenvalue weighted by atomic mass is 9.60. The standard InChI is InChI=1S/C29H19BO2.C29H17Br/c31-30(32)27-17-16-21-20-10-3-6-14-25(20)29(26-15-7-11-22(27)28(21)26)23-12-4-1-8-18(23)19-9-2-5-13-24(19)29;30-27-17-16-21-20-10-3-6-14-25(20)29(26-15-7-11-22(27)28(21)26)23-12-4-1-8-18(23)19-9-2-5-13-24(19)29/h1-17,31-32H;1-17H. The van der Waals surface area contributed by atoms with E-state index in [1.54, 1.807) is 0 Å². The molecule has 0 bridgehead atoms. The molecule has 4 heteroatoms. The monoisotopic (exact) mass is 854 g/mol. The van der Waals surface area contributed by atoms with Crippen LogP contribution in [0.3, 0.4) is 0 Å². The van der Waals surface area contributed by atoms with Crippen molar-refractivity contribution in [3.05, 3.63) is 255 Å². The molecule has 0 heterocycles. The molecular formula is C58H36BBrO2. The van der Waals surface area contributed by atoms with E-state index in [1.165, 1.54) is 94.2 Å². The molecule has 0 saturated heterocycles. The normalized spacial score (nSPS) is 14.3. The predicted molar refractivity (Wildman–Crippen MR) is 258 cm³/mol. The molecule has 0 unspecified atom stereocenters. The third-order valence-electron chi connectivity index (χ3n) is 14.3. The number of halogens is 1. The molecule has 290 valence electrons. The van der Waals surface area contributed by atoms with E-state index in [0.29, 0.717) is 5.46 Å². The fraction of sp³-hybridized carbons (Fsp3) is 0.0345. The summed E-state index contributed by atoms with van der Waals surface area (Å²) in [4.78, 5) is 0. The van der Waals surface area contributed by atoms with Crippen molar-refractivity contribution in [3.63, 3.8) is 0 Å². The van der Waals surface area contributed by atoms with Crippen LogP contribution in [0.5, 0.6) is 0 Å². The van der Waals surface area contributed by atoms with Crippen LogP contribution in [0.25, 0.3) is 66.1 Å². The van der Waals surface area contributed by atoms with E-state index in [-0.39, 0.29) is 5.41 Å². The molecule has 2 N–H and O–H groups in total. The number of fused-ring (bicyclic) bond motifs is 18. The molecule has 62 heavy (non-hydrogen) atoms. The van der Waals surface area contributed by atoms with Crippen molar-refractivity contribution in [1.82, 2.24) is 0 Å². The fourth-order valence-electron chi connectivity index (χ4n) is 12.1. The van der Waals surface area contributed by atoms with Crippen molar-refractivity contribution in [1.29, 1.82) is 0 Å². The van der Waals surface area contributed by atoms with Gasteiger partial charge >= 0.3 is 7.12 Å². The second-order valence-corrected chi connectivity index (χ2v) is 17.8. The Labute approximate surface area is 368 Å². The zero-order valence-electron chi connectivity index (χ0n) is 33.5. The van der Waals surface area contributed by atoms with E-state index < -0.39 is 12.5 Å². The molecule has 0 aromatic heterocycles. The molecule has 10 aromatic rings. The molecular weight excluding hydrogens is 819 g/mol. The molecule has 2 spiro atoms. The Bertz CT molecular complexity index is 3460. The van der Waals surface area contributed by atoms with Gasteiger partial charge in [0.1, 0.15) is 0 Å². The summed E-state index contributed by atoms with van der Waals surface area (Å²) in [6.45, 7) is 0. The van der Waals surface area contributed by atoms with Crippen molar-refractivity contribution < 1.29 is 10.0 Å². The summed E-state index contributed by atoms with van der Waals surface area (Å²) in [5, 5.41) is 24.9. The molecule has 0 saturated carbocycles. The van der Waals surface area contributed by atoms with Crippen molar-refractivity contribution in [3.8, 4) is 44.5 Å². The maximum Gasteiger partial charge on any atom is 0.489 e. The van der Waals surface area contributed by atoms with Crippen LogP contribution >= 0.6 is 15.9 Å². The molecule has 4 aliphatic rings. The SMILES string of the molecule is Brc1ccc2c3c(cccc13)C1(c3ccccc3-c3ccccc31)c1ccccc1-2.OB(O)c1ccc2c3c(cccc13)C1(c3ccccc3-c3ccccc31)c1ccccc1-2. The first-order valence-electron chi connectivity index (χ1n) is 21.3. The van der Waals surface area contributed by atoms with Gasteiger partial charge in [0.25, 0.3) is 0 Å². The smallest absolute Gasteiger partial charge is 0.423 e. The van der Waals surface area contributed by atoms with Gasteiger partial charge in [0.05, 0.1) is 10.8 Å². The first-order chi connectivity index (χ1) is 30.5. The first kappa shape index (κ1) is 35.9. The Hall–Kier alpha value is -6.82. The molecule has 0 amide bonds. The zero-order valence-corrected chi connectivity index (χ0v) is 35.1. The van der Waals surface area contributed by atoms with E-state index in [9.17, 15) is 10.0 Å². The Morgan fingerprint density at radius 3 is 0.984 bits per heavy atom. The van der Waals surface area contributed by atoms with Gasteiger partial charge in [0, 0.05) is 4.47 Å². The van der Waals surface area contributed by atoms with E-state index in [0.717, 1.165) is 20.8 Å². The van der Waals surface area contributed by atoms with Crippen LogP contribution in [0, 0.1) is 0 Å². The number of hydrogen-bond donors (Lipinski definition) is 2. The van der Waals surface area contributed by atoms with E-state index in [1.807, 2.05) is 24.3 Å². The van der Waals surface area contributed by atoms with Crippen LogP contribution in [0.4, 0.5) is 0 Å². The Morgan fingerprint density at radius 2 is 0.597 bits per heavy atom. The maximum atomic E-state index is 10.1. The van der Waals surface area contributed by atoms with Crippen molar-refractivity contribution >= 4 is 50.1 Å². The van der Waals surface area contributed by atoms with E-state index in [4.69, 9.17) is 0 Å². The van der Waals surface area contributed by atoms with Crippen LogP contribution in [-0.2, 0) is 10.8 Å². The summed E-state index contributed by atoms with van der Waals surface area (Å²) < 4.78 is 1.15. The average molecular weight is 856 g/mol. The second-order valence-electron chi connectivity index (χ2n) is 16.9. The highest BCUT2D eigenvalue weighted by molar-refractivity contribution is 9.10. The molecule has 10 aromatic carbocycles. The largest absolute Gasteiger partial charge is 0.489 e. The van der Waals surface area contributed by atoms with Gasteiger partial charge in [-0.2, -0.15) is 0 Å². The lowest BCUT2D eigenvalue weighted by molar-refractivity contribution is 0.426. The van der Waals surface area contributed by atoms with Crippen molar-refractivity contribution in [2.24, 2.45) is 0 Å². The molecule has 4 aliphatic carbocycles. The topological polar surface area (TPSA) is 40.5 Å². The van der Waals surface area contributed by atoms with Crippen LogP contribution < -0.4 is 5.46 Å². The average Bonchev–Trinajstić information content (AvgIpc) is 3.79. The third-order valence-corrected chi connectivity index (χ3v) is 15.0. The lowest BCUT2D eigenvalue weighted by Gasteiger charge is -2.40.